The van der Waals surface area contributed by atoms with Crippen LogP contribution in [0.4, 0.5) is 5.69 Å². The van der Waals surface area contributed by atoms with Crippen molar-refractivity contribution in [3.05, 3.63) is 66.1 Å². The van der Waals surface area contributed by atoms with Crippen LogP contribution in [0.3, 0.4) is 0 Å². The van der Waals surface area contributed by atoms with Gasteiger partial charge in [0.25, 0.3) is 5.91 Å². The summed E-state index contributed by atoms with van der Waals surface area (Å²) >= 11 is 0. The smallest absolute Gasteiger partial charge is 0.251 e. The highest BCUT2D eigenvalue weighted by Crippen LogP contribution is 2.23. The second-order valence-corrected chi connectivity index (χ2v) is 6.30. The molecule has 2 aromatic carbocycles. The molecule has 1 aliphatic heterocycles. The van der Waals surface area contributed by atoms with Crippen LogP contribution in [0.1, 0.15) is 29.1 Å². The molecule has 132 valence electrons. The summed E-state index contributed by atoms with van der Waals surface area (Å²) in [5, 5.41) is 6.80. The standard InChI is InChI=1S/C20H20N4O2/c25-20(16-6-2-1-3-7-16)21-14-18-22-19(23-26-18)15-8-10-17(11-9-15)24-12-4-5-13-24/h1-3,6-11H,4-5,12-14H2,(H,21,25). The van der Waals surface area contributed by atoms with Gasteiger partial charge in [-0.15, -0.1) is 0 Å². The number of nitrogens with one attached hydrogen (secondary N) is 1. The van der Waals surface area contributed by atoms with Crippen LogP contribution < -0.4 is 10.2 Å². The number of rotatable bonds is 5. The molecule has 1 saturated heterocycles. The minimum Gasteiger partial charge on any atom is -0.372 e. The van der Waals surface area contributed by atoms with Gasteiger partial charge in [-0.05, 0) is 49.2 Å². The normalized spacial score (nSPS) is 13.8. The molecule has 0 aliphatic carbocycles. The van der Waals surface area contributed by atoms with Crippen LogP contribution in [0, 0.1) is 0 Å². The van der Waals surface area contributed by atoms with E-state index in [2.05, 4.69) is 32.5 Å². The third-order valence-corrected chi connectivity index (χ3v) is 4.50. The maximum Gasteiger partial charge on any atom is 0.251 e. The molecular weight excluding hydrogens is 328 g/mol. The lowest BCUT2D eigenvalue weighted by molar-refractivity contribution is 0.0946. The fraction of sp³-hybridized carbons (Fsp3) is 0.250. The summed E-state index contributed by atoms with van der Waals surface area (Å²) in [7, 11) is 0. The van der Waals surface area contributed by atoms with E-state index in [0.29, 0.717) is 17.3 Å². The number of hydrogen-bond acceptors (Lipinski definition) is 5. The quantitative estimate of drug-likeness (QED) is 0.766. The lowest BCUT2D eigenvalue weighted by Gasteiger charge is -2.17. The van der Waals surface area contributed by atoms with Crippen LogP contribution >= 0.6 is 0 Å². The Kier molecular flexibility index (Phi) is 4.64. The Morgan fingerprint density at radius 2 is 1.77 bits per heavy atom. The number of anilines is 1. The molecule has 26 heavy (non-hydrogen) atoms. The molecule has 1 aliphatic rings. The van der Waals surface area contributed by atoms with E-state index in [1.165, 1.54) is 18.5 Å². The van der Waals surface area contributed by atoms with E-state index < -0.39 is 0 Å². The van der Waals surface area contributed by atoms with E-state index in [9.17, 15) is 4.79 Å². The highest BCUT2D eigenvalue weighted by atomic mass is 16.5. The van der Waals surface area contributed by atoms with Crippen molar-refractivity contribution in [1.82, 2.24) is 15.5 Å². The first-order valence-corrected chi connectivity index (χ1v) is 8.81. The summed E-state index contributed by atoms with van der Waals surface area (Å²) in [6.07, 6.45) is 2.51. The molecule has 4 rings (SSSR count). The SMILES string of the molecule is O=C(NCc1nc(-c2ccc(N3CCCC3)cc2)no1)c1ccccc1. The molecule has 0 atom stereocenters. The molecule has 1 amide bonds. The van der Waals surface area contributed by atoms with Crippen LogP contribution in [0.5, 0.6) is 0 Å². The monoisotopic (exact) mass is 348 g/mol. The van der Waals surface area contributed by atoms with Gasteiger partial charge < -0.3 is 14.7 Å². The molecule has 6 heteroatoms. The predicted octanol–water partition coefficient (Wildman–Crippen LogP) is 3.27. The third kappa shape index (κ3) is 3.59. The largest absolute Gasteiger partial charge is 0.372 e. The van der Waals surface area contributed by atoms with Gasteiger partial charge in [0.1, 0.15) is 0 Å². The Morgan fingerprint density at radius 1 is 1.04 bits per heavy atom. The third-order valence-electron chi connectivity index (χ3n) is 4.50. The van der Waals surface area contributed by atoms with Crippen molar-refractivity contribution in [3.8, 4) is 11.4 Å². The van der Waals surface area contributed by atoms with Gasteiger partial charge in [-0.3, -0.25) is 4.79 Å². The van der Waals surface area contributed by atoms with E-state index in [1.807, 2.05) is 30.3 Å². The van der Waals surface area contributed by atoms with Crippen molar-refractivity contribution in [2.24, 2.45) is 0 Å². The molecule has 2 heterocycles. The van der Waals surface area contributed by atoms with E-state index in [0.717, 1.165) is 18.7 Å². The minimum atomic E-state index is -0.166. The number of nitrogens with zero attached hydrogens (tertiary/aromatic N) is 3. The molecule has 0 saturated carbocycles. The van der Waals surface area contributed by atoms with E-state index >= 15 is 0 Å². The molecule has 1 fully saturated rings. The molecule has 0 spiro atoms. The lowest BCUT2D eigenvalue weighted by Crippen LogP contribution is -2.22. The summed E-state index contributed by atoms with van der Waals surface area (Å²) in [5.41, 5.74) is 2.73. The number of aromatic nitrogens is 2. The van der Waals surface area contributed by atoms with Crippen molar-refractivity contribution in [2.45, 2.75) is 19.4 Å². The van der Waals surface area contributed by atoms with Crippen LogP contribution in [-0.4, -0.2) is 29.1 Å². The number of amides is 1. The number of hydrogen-bond donors (Lipinski definition) is 1. The van der Waals surface area contributed by atoms with Gasteiger partial charge >= 0.3 is 0 Å². The van der Waals surface area contributed by atoms with Gasteiger partial charge in [0, 0.05) is 29.9 Å². The van der Waals surface area contributed by atoms with Gasteiger partial charge in [0.15, 0.2) is 0 Å². The zero-order valence-electron chi connectivity index (χ0n) is 14.4. The van der Waals surface area contributed by atoms with Crippen LogP contribution in [0.25, 0.3) is 11.4 Å². The van der Waals surface area contributed by atoms with E-state index in [4.69, 9.17) is 4.52 Å². The Bertz CT molecular complexity index is 868. The van der Waals surface area contributed by atoms with Gasteiger partial charge in [0.2, 0.25) is 11.7 Å². The zero-order chi connectivity index (χ0) is 17.8. The van der Waals surface area contributed by atoms with Crippen molar-refractivity contribution < 1.29 is 9.32 Å². The second kappa shape index (κ2) is 7.39. The minimum absolute atomic E-state index is 0.166. The number of carbonyl (C=O) groups is 1. The molecule has 3 aromatic rings. The Balaban J connectivity index is 1.39. The van der Waals surface area contributed by atoms with Crippen molar-refractivity contribution in [1.29, 1.82) is 0 Å². The molecule has 0 unspecified atom stereocenters. The number of benzene rings is 2. The average molecular weight is 348 g/mol. The first-order chi connectivity index (χ1) is 12.8. The average Bonchev–Trinajstić information content (AvgIpc) is 3.39. The summed E-state index contributed by atoms with van der Waals surface area (Å²) in [5.74, 6) is 0.746. The van der Waals surface area contributed by atoms with Crippen LogP contribution in [0.2, 0.25) is 0 Å². The summed E-state index contributed by atoms with van der Waals surface area (Å²) in [6, 6.07) is 17.2. The van der Waals surface area contributed by atoms with Crippen molar-refractivity contribution in [3.63, 3.8) is 0 Å². The van der Waals surface area contributed by atoms with E-state index in [1.54, 1.807) is 12.1 Å². The molecule has 0 bridgehead atoms. The highest BCUT2D eigenvalue weighted by Gasteiger charge is 2.14. The first kappa shape index (κ1) is 16.3. The maximum absolute atomic E-state index is 12.1. The van der Waals surface area contributed by atoms with Gasteiger partial charge in [0.05, 0.1) is 6.54 Å². The molecule has 1 N–H and O–H groups in total. The second-order valence-electron chi connectivity index (χ2n) is 6.30. The van der Waals surface area contributed by atoms with Crippen LogP contribution in [-0.2, 0) is 6.54 Å². The Labute approximate surface area is 151 Å². The Morgan fingerprint density at radius 3 is 2.50 bits per heavy atom. The van der Waals surface area contributed by atoms with Crippen molar-refractivity contribution in [2.75, 3.05) is 18.0 Å². The summed E-state index contributed by atoms with van der Waals surface area (Å²) < 4.78 is 5.25. The van der Waals surface area contributed by atoms with E-state index in [-0.39, 0.29) is 12.5 Å². The topological polar surface area (TPSA) is 71.3 Å². The molecular formula is C20H20N4O2. The number of carbonyl (C=O) groups excluding carboxylic acids is 1. The molecule has 6 nitrogen and oxygen atoms in total. The maximum atomic E-state index is 12.1. The van der Waals surface area contributed by atoms with Gasteiger partial charge in [-0.1, -0.05) is 23.4 Å². The fourth-order valence-electron chi connectivity index (χ4n) is 3.09. The first-order valence-electron chi connectivity index (χ1n) is 8.81. The Hall–Kier alpha value is -3.15. The van der Waals surface area contributed by atoms with Gasteiger partial charge in [-0.2, -0.15) is 4.98 Å². The van der Waals surface area contributed by atoms with Gasteiger partial charge in [-0.25, -0.2) is 0 Å². The summed E-state index contributed by atoms with van der Waals surface area (Å²) in [4.78, 5) is 18.8. The zero-order valence-corrected chi connectivity index (χ0v) is 14.4. The van der Waals surface area contributed by atoms with Crippen LogP contribution in [0.15, 0.2) is 59.1 Å². The summed E-state index contributed by atoms with van der Waals surface area (Å²) in [6.45, 7) is 2.44. The molecule has 1 aromatic heterocycles. The highest BCUT2D eigenvalue weighted by molar-refractivity contribution is 5.93. The fourth-order valence-corrected chi connectivity index (χ4v) is 3.09. The van der Waals surface area contributed by atoms with Crippen molar-refractivity contribution >= 4 is 11.6 Å². The molecule has 0 radical (unpaired) electrons. The lowest BCUT2D eigenvalue weighted by atomic mass is 10.2. The predicted molar refractivity (Wildman–Crippen MR) is 98.8 cm³/mol.